The Morgan fingerprint density at radius 3 is 2.30 bits per heavy atom. The summed E-state index contributed by atoms with van der Waals surface area (Å²) in [6, 6.07) is 6.81. The molecule has 1 aromatic rings. The van der Waals surface area contributed by atoms with Crippen LogP contribution in [0.5, 0.6) is 0 Å². The molecule has 3 atom stereocenters. The third kappa shape index (κ3) is 4.62. The van der Waals surface area contributed by atoms with Gasteiger partial charge in [-0.05, 0) is 25.3 Å². The minimum absolute atomic E-state index is 0.259. The van der Waals surface area contributed by atoms with Gasteiger partial charge in [-0.3, -0.25) is 10.1 Å². The zero-order valence-electron chi connectivity index (χ0n) is 12.5. The van der Waals surface area contributed by atoms with Gasteiger partial charge in [-0.25, -0.2) is 0 Å². The molecule has 20 heavy (non-hydrogen) atoms. The summed E-state index contributed by atoms with van der Waals surface area (Å²) in [4.78, 5) is 11.2. The fourth-order valence-corrected chi connectivity index (χ4v) is 2.25. The normalized spacial score (nSPS) is 15.6. The van der Waals surface area contributed by atoms with Gasteiger partial charge in [0, 0.05) is 6.04 Å². The van der Waals surface area contributed by atoms with Crippen LogP contribution >= 0.6 is 0 Å². The van der Waals surface area contributed by atoms with Gasteiger partial charge >= 0.3 is 5.97 Å². The zero-order valence-corrected chi connectivity index (χ0v) is 12.5. The second-order valence-electron chi connectivity index (χ2n) is 5.22. The highest BCUT2D eigenvalue weighted by Crippen LogP contribution is 2.20. The second-order valence-corrected chi connectivity index (χ2v) is 5.22. The van der Waals surface area contributed by atoms with Crippen LogP contribution in [-0.4, -0.2) is 28.3 Å². The number of carboxylic acids is 1. The number of aryl methyl sites for hydroxylation is 1. The first-order valence-electron chi connectivity index (χ1n) is 7.23. The Kier molecular flexibility index (Phi) is 6.68. The Hall–Kier alpha value is -1.39. The third-order valence-corrected chi connectivity index (χ3v) is 3.53. The highest BCUT2D eigenvalue weighted by molar-refractivity contribution is 5.73. The van der Waals surface area contributed by atoms with E-state index in [9.17, 15) is 15.0 Å². The van der Waals surface area contributed by atoms with E-state index in [4.69, 9.17) is 0 Å². The maximum Gasteiger partial charge on any atom is 0.320 e. The molecule has 4 nitrogen and oxygen atoms in total. The molecular formula is C16H25NO3. The van der Waals surface area contributed by atoms with Crippen molar-refractivity contribution in [2.75, 3.05) is 0 Å². The number of aliphatic carboxylic acids is 1. The summed E-state index contributed by atoms with van der Waals surface area (Å²) < 4.78 is 0. The van der Waals surface area contributed by atoms with Crippen molar-refractivity contribution in [2.24, 2.45) is 0 Å². The van der Waals surface area contributed by atoms with Gasteiger partial charge in [-0.15, -0.1) is 0 Å². The monoisotopic (exact) mass is 279 g/mol. The van der Waals surface area contributed by atoms with Crippen LogP contribution in [-0.2, 0) is 4.79 Å². The van der Waals surface area contributed by atoms with Gasteiger partial charge in [0.2, 0.25) is 0 Å². The SMILES string of the molecule is CCCC(NC(CC)C(O)c1ccc(C)cc1)C(=O)O. The Labute approximate surface area is 120 Å². The van der Waals surface area contributed by atoms with Crippen molar-refractivity contribution in [2.45, 2.75) is 58.2 Å². The largest absolute Gasteiger partial charge is 0.480 e. The van der Waals surface area contributed by atoms with Crippen molar-refractivity contribution in [3.05, 3.63) is 35.4 Å². The predicted molar refractivity (Wildman–Crippen MR) is 79.7 cm³/mol. The molecule has 0 heterocycles. The first-order chi connectivity index (χ1) is 9.49. The van der Waals surface area contributed by atoms with E-state index in [0.717, 1.165) is 17.5 Å². The Morgan fingerprint density at radius 1 is 1.25 bits per heavy atom. The Bertz CT molecular complexity index is 416. The minimum atomic E-state index is -0.860. The summed E-state index contributed by atoms with van der Waals surface area (Å²) in [5.41, 5.74) is 1.95. The van der Waals surface area contributed by atoms with Crippen LogP contribution in [0.3, 0.4) is 0 Å². The fraction of sp³-hybridized carbons (Fsp3) is 0.562. The average Bonchev–Trinajstić information content (AvgIpc) is 2.43. The van der Waals surface area contributed by atoms with Gasteiger partial charge in [0.05, 0.1) is 6.10 Å². The summed E-state index contributed by atoms with van der Waals surface area (Å²) in [7, 11) is 0. The van der Waals surface area contributed by atoms with Gasteiger partial charge in [0.1, 0.15) is 6.04 Å². The number of aliphatic hydroxyl groups is 1. The fourth-order valence-electron chi connectivity index (χ4n) is 2.25. The van der Waals surface area contributed by atoms with Gasteiger partial charge < -0.3 is 10.2 Å². The van der Waals surface area contributed by atoms with E-state index >= 15 is 0 Å². The number of carboxylic acid groups (broad SMARTS) is 1. The van der Waals surface area contributed by atoms with E-state index in [2.05, 4.69) is 5.32 Å². The molecule has 0 spiro atoms. The van der Waals surface area contributed by atoms with Gasteiger partial charge in [-0.1, -0.05) is 50.1 Å². The van der Waals surface area contributed by atoms with Gasteiger partial charge in [-0.2, -0.15) is 0 Å². The first-order valence-corrected chi connectivity index (χ1v) is 7.23. The molecule has 0 aliphatic carbocycles. The van der Waals surface area contributed by atoms with Gasteiger partial charge in [0.25, 0.3) is 0 Å². The minimum Gasteiger partial charge on any atom is -0.480 e. The number of carbonyl (C=O) groups is 1. The molecule has 1 rings (SSSR count). The lowest BCUT2D eigenvalue weighted by molar-refractivity contribution is -0.140. The molecule has 0 aliphatic heterocycles. The Balaban J connectivity index is 2.78. The lowest BCUT2D eigenvalue weighted by atomic mass is 9.98. The van der Waals surface area contributed by atoms with Crippen molar-refractivity contribution >= 4 is 5.97 Å². The molecule has 0 fully saturated rings. The maximum atomic E-state index is 11.2. The molecule has 0 amide bonds. The highest BCUT2D eigenvalue weighted by Gasteiger charge is 2.25. The molecule has 0 aromatic heterocycles. The molecule has 0 bridgehead atoms. The van der Waals surface area contributed by atoms with Crippen molar-refractivity contribution in [3.63, 3.8) is 0 Å². The van der Waals surface area contributed by atoms with Gasteiger partial charge in [0.15, 0.2) is 0 Å². The molecule has 4 heteroatoms. The van der Waals surface area contributed by atoms with Crippen molar-refractivity contribution in [1.82, 2.24) is 5.32 Å². The standard InChI is InChI=1S/C16H25NO3/c1-4-6-14(16(19)20)17-13(5-2)15(18)12-9-7-11(3)8-10-12/h7-10,13-15,17-18H,4-6H2,1-3H3,(H,19,20). The van der Waals surface area contributed by atoms with E-state index in [-0.39, 0.29) is 6.04 Å². The number of rotatable bonds is 8. The van der Waals surface area contributed by atoms with Crippen molar-refractivity contribution in [1.29, 1.82) is 0 Å². The van der Waals surface area contributed by atoms with Crippen LogP contribution in [0, 0.1) is 6.92 Å². The smallest absolute Gasteiger partial charge is 0.320 e. The number of benzene rings is 1. The topological polar surface area (TPSA) is 69.6 Å². The van der Waals surface area contributed by atoms with Crippen molar-refractivity contribution < 1.29 is 15.0 Å². The summed E-state index contributed by atoms with van der Waals surface area (Å²) in [5, 5.41) is 22.7. The maximum absolute atomic E-state index is 11.2. The highest BCUT2D eigenvalue weighted by atomic mass is 16.4. The van der Waals surface area contributed by atoms with Crippen LogP contribution in [0.1, 0.15) is 50.3 Å². The van der Waals surface area contributed by atoms with E-state index in [1.54, 1.807) is 0 Å². The molecule has 3 N–H and O–H groups in total. The van der Waals surface area contributed by atoms with Crippen molar-refractivity contribution in [3.8, 4) is 0 Å². The van der Waals surface area contributed by atoms with Crippen LogP contribution in [0.15, 0.2) is 24.3 Å². The molecule has 0 radical (unpaired) electrons. The summed E-state index contributed by atoms with van der Waals surface area (Å²) >= 11 is 0. The van der Waals surface area contributed by atoms with Crippen LogP contribution in [0.4, 0.5) is 0 Å². The quantitative estimate of drug-likeness (QED) is 0.684. The molecular weight excluding hydrogens is 254 g/mol. The zero-order chi connectivity index (χ0) is 15.1. The first kappa shape index (κ1) is 16.7. The summed E-state index contributed by atoms with van der Waals surface area (Å²) in [5.74, 6) is -0.860. The molecule has 0 aliphatic rings. The number of nitrogens with one attached hydrogen (secondary N) is 1. The number of aliphatic hydroxyl groups excluding tert-OH is 1. The molecule has 0 saturated heterocycles. The lowest BCUT2D eigenvalue weighted by Crippen LogP contribution is -2.45. The summed E-state index contributed by atoms with van der Waals surface area (Å²) in [6.45, 7) is 5.89. The van der Waals surface area contributed by atoms with E-state index in [1.165, 1.54) is 0 Å². The molecule has 1 aromatic carbocycles. The molecule has 0 saturated carbocycles. The number of hydrogen-bond donors (Lipinski definition) is 3. The molecule has 112 valence electrons. The average molecular weight is 279 g/mol. The number of hydrogen-bond acceptors (Lipinski definition) is 3. The van der Waals surface area contributed by atoms with Crippen LogP contribution in [0.2, 0.25) is 0 Å². The molecule has 3 unspecified atom stereocenters. The van der Waals surface area contributed by atoms with Crippen LogP contribution in [0.25, 0.3) is 0 Å². The Morgan fingerprint density at radius 2 is 1.85 bits per heavy atom. The van der Waals surface area contributed by atoms with E-state index in [1.807, 2.05) is 45.0 Å². The predicted octanol–water partition coefficient (Wildman–Crippen LogP) is 2.65. The van der Waals surface area contributed by atoms with E-state index < -0.39 is 18.1 Å². The van der Waals surface area contributed by atoms with E-state index in [0.29, 0.717) is 12.8 Å². The van der Waals surface area contributed by atoms with Crippen LogP contribution < -0.4 is 5.32 Å². The lowest BCUT2D eigenvalue weighted by Gasteiger charge is -2.27. The second kappa shape index (κ2) is 8.02. The summed E-state index contributed by atoms with van der Waals surface area (Å²) in [6.07, 6.45) is 1.33. The third-order valence-electron chi connectivity index (χ3n) is 3.53.